The molecule has 2 nitrogen and oxygen atoms in total. The number of oxime groups is 1. The fraction of sp³-hybridized carbons (Fsp3) is 0.667. The maximum absolute atomic E-state index is 4.77. The van der Waals surface area contributed by atoms with Gasteiger partial charge in [0, 0.05) is 0 Å². The molecule has 0 aliphatic carbocycles. The summed E-state index contributed by atoms with van der Waals surface area (Å²) in [5.74, 6) is 0. The molecule has 0 aromatic rings. The molecule has 0 amide bonds. The van der Waals surface area contributed by atoms with Crippen molar-refractivity contribution in [1.29, 1.82) is 0 Å². The van der Waals surface area contributed by atoms with Gasteiger partial charge in [-0.25, -0.2) is 0 Å². The van der Waals surface area contributed by atoms with Gasteiger partial charge in [-0.15, -0.1) is 0 Å². The van der Waals surface area contributed by atoms with Crippen molar-refractivity contribution >= 4 is 5.71 Å². The van der Waals surface area contributed by atoms with Crippen LogP contribution in [-0.4, -0.2) is 12.3 Å². The molecule has 47 valence electrons. The molecule has 0 atom stereocenters. The molecule has 0 bridgehead atoms. The Hall–Kier alpha value is -0.530. The molecule has 0 aromatic heterocycles. The van der Waals surface area contributed by atoms with Crippen molar-refractivity contribution in [2.24, 2.45) is 5.16 Å². The molecule has 0 saturated heterocycles. The zero-order valence-corrected chi connectivity index (χ0v) is 5.48. The van der Waals surface area contributed by atoms with E-state index in [-0.39, 0.29) is 0 Å². The normalized spacial score (nSPS) is 8.38. The third-order valence-corrected chi connectivity index (χ3v) is 0.483. The van der Waals surface area contributed by atoms with Gasteiger partial charge in [0.15, 0.2) is 0 Å². The molecule has 0 saturated carbocycles. The Morgan fingerprint density at radius 2 is 2.25 bits per heavy atom. The van der Waals surface area contributed by atoms with E-state index in [1.165, 1.54) is 0 Å². The summed E-state index contributed by atoms with van der Waals surface area (Å²) in [6.07, 6.45) is 0.775. The van der Waals surface area contributed by atoms with Crippen molar-refractivity contribution in [1.82, 2.24) is 0 Å². The molecule has 0 aliphatic rings. The Balaban J connectivity index is 3.03. The molecule has 0 unspecified atom stereocenters. The van der Waals surface area contributed by atoms with Crippen molar-refractivity contribution in [3.05, 3.63) is 6.92 Å². The highest BCUT2D eigenvalue weighted by Gasteiger charge is 1.77. The van der Waals surface area contributed by atoms with Crippen molar-refractivity contribution in [3.8, 4) is 0 Å². The van der Waals surface area contributed by atoms with E-state index >= 15 is 0 Å². The lowest BCUT2D eigenvalue weighted by atomic mass is 10.5. The van der Waals surface area contributed by atoms with Gasteiger partial charge in [-0.3, -0.25) is 0 Å². The highest BCUT2D eigenvalue weighted by molar-refractivity contribution is 5.78. The largest absolute Gasteiger partial charge is 0.396 e. The zero-order chi connectivity index (χ0) is 6.41. The average molecular weight is 114 g/mol. The second-order valence-electron chi connectivity index (χ2n) is 1.73. The summed E-state index contributed by atoms with van der Waals surface area (Å²) in [7, 11) is 0. The van der Waals surface area contributed by atoms with E-state index in [1.54, 1.807) is 0 Å². The highest BCUT2D eigenvalue weighted by atomic mass is 16.6. The lowest BCUT2D eigenvalue weighted by Gasteiger charge is -1.93. The molecule has 0 aromatic carbocycles. The van der Waals surface area contributed by atoms with Gasteiger partial charge in [0.25, 0.3) is 0 Å². The predicted octanol–water partition coefficient (Wildman–Crippen LogP) is 1.62. The molecular weight excluding hydrogens is 102 g/mol. The number of rotatable bonds is 3. The van der Waals surface area contributed by atoms with Crippen molar-refractivity contribution in [3.63, 3.8) is 0 Å². The van der Waals surface area contributed by atoms with Gasteiger partial charge in [0.2, 0.25) is 0 Å². The lowest BCUT2D eigenvalue weighted by molar-refractivity contribution is 0.148. The first-order valence-corrected chi connectivity index (χ1v) is 2.69. The summed E-state index contributed by atoms with van der Waals surface area (Å²) in [6.45, 7) is 7.99. The van der Waals surface area contributed by atoms with Gasteiger partial charge in [-0.2, -0.15) is 0 Å². The molecule has 1 radical (unpaired) electrons. The minimum Gasteiger partial charge on any atom is -0.396 e. The summed E-state index contributed by atoms with van der Waals surface area (Å²) in [6, 6.07) is 0. The quantitative estimate of drug-likeness (QED) is 0.310. The van der Waals surface area contributed by atoms with E-state index in [0.717, 1.165) is 12.1 Å². The standard InChI is InChI=1S/C6H12NO/c1-4-5-8-7-6(2)3/h1,4-5H2,2-3H3. The Kier molecular flexibility index (Phi) is 4.32. The molecule has 0 spiro atoms. The maximum Gasteiger partial charge on any atom is 0.117 e. The number of hydrogen-bond donors (Lipinski definition) is 0. The Bertz CT molecular complexity index is 74.6. The van der Waals surface area contributed by atoms with Crippen LogP contribution in [0.15, 0.2) is 5.16 Å². The summed E-state index contributed by atoms with van der Waals surface area (Å²) in [5.41, 5.74) is 0.943. The SMILES string of the molecule is [CH2]CCON=C(C)C. The Labute approximate surface area is 50.5 Å². The molecule has 0 fully saturated rings. The molecule has 8 heavy (non-hydrogen) atoms. The third-order valence-electron chi connectivity index (χ3n) is 0.483. The lowest BCUT2D eigenvalue weighted by Crippen LogP contribution is -1.87. The van der Waals surface area contributed by atoms with E-state index in [0.29, 0.717) is 6.61 Å². The van der Waals surface area contributed by atoms with Crippen LogP contribution in [0.3, 0.4) is 0 Å². The first-order valence-electron chi connectivity index (χ1n) is 2.69. The van der Waals surface area contributed by atoms with Gasteiger partial charge in [0.1, 0.15) is 6.61 Å². The fourth-order valence-corrected chi connectivity index (χ4v) is 0.239. The van der Waals surface area contributed by atoms with Crippen molar-refractivity contribution in [2.45, 2.75) is 20.3 Å². The van der Waals surface area contributed by atoms with E-state index in [1.807, 2.05) is 13.8 Å². The second-order valence-corrected chi connectivity index (χ2v) is 1.73. The van der Waals surface area contributed by atoms with Gasteiger partial charge in [-0.05, 0) is 27.2 Å². The monoisotopic (exact) mass is 114 g/mol. The minimum absolute atomic E-state index is 0.616. The topological polar surface area (TPSA) is 21.6 Å². The smallest absolute Gasteiger partial charge is 0.117 e. The van der Waals surface area contributed by atoms with Gasteiger partial charge < -0.3 is 4.84 Å². The van der Waals surface area contributed by atoms with Crippen LogP contribution in [0.4, 0.5) is 0 Å². The number of nitrogens with zero attached hydrogens (tertiary/aromatic N) is 1. The molecule has 0 aliphatic heterocycles. The van der Waals surface area contributed by atoms with Crippen LogP contribution in [0.2, 0.25) is 0 Å². The van der Waals surface area contributed by atoms with E-state index < -0.39 is 0 Å². The second kappa shape index (κ2) is 4.62. The Morgan fingerprint density at radius 1 is 1.62 bits per heavy atom. The van der Waals surface area contributed by atoms with Crippen molar-refractivity contribution < 1.29 is 4.84 Å². The van der Waals surface area contributed by atoms with E-state index in [9.17, 15) is 0 Å². The van der Waals surface area contributed by atoms with Gasteiger partial charge in [-0.1, -0.05) is 5.16 Å². The summed E-state index contributed by atoms with van der Waals surface area (Å²) < 4.78 is 0. The fourth-order valence-electron chi connectivity index (χ4n) is 0.239. The van der Waals surface area contributed by atoms with Gasteiger partial charge >= 0.3 is 0 Å². The maximum atomic E-state index is 4.77. The van der Waals surface area contributed by atoms with Crippen LogP contribution < -0.4 is 0 Å². The van der Waals surface area contributed by atoms with Gasteiger partial charge in [0.05, 0.1) is 5.71 Å². The van der Waals surface area contributed by atoms with E-state index in [4.69, 9.17) is 4.84 Å². The van der Waals surface area contributed by atoms with Crippen molar-refractivity contribution in [2.75, 3.05) is 6.61 Å². The van der Waals surface area contributed by atoms with Crippen LogP contribution >= 0.6 is 0 Å². The summed E-state index contributed by atoms with van der Waals surface area (Å²) in [4.78, 5) is 4.77. The zero-order valence-electron chi connectivity index (χ0n) is 5.48. The highest BCUT2D eigenvalue weighted by Crippen LogP contribution is 1.81. The number of hydrogen-bond acceptors (Lipinski definition) is 2. The van der Waals surface area contributed by atoms with Crippen LogP contribution in [0.5, 0.6) is 0 Å². The molecular formula is C6H12NO. The van der Waals surface area contributed by atoms with E-state index in [2.05, 4.69) is 12.1 Å². The molecule has 0 rings (SSSR count). The molecule has 2 heteroatoms. The summed E-state index contributed by atoms with van der Waals surface area (Å²) >= 11 is 0. The minimum atomic E-state index is 0.616. The predicted molar refractivity (Wildman–Crippen MR) is 34.7 cm³/mol. The van der Waals surface area contributed by atoms with Crippen LogP contribution in [-0.2, 0) is 4.84 Å². The third kappa shape index (κ3) is 5.47. The molecule has 0 heterocycles. The first kappa shape index (κ1) is 7.47. The first-order chi connectivity index (χ1) is 3.77. The average Bonchev–Trinajstić information content (AvgIpc) is 1.66. The molecule has 0 N–H and O–H groups in total. The summed E-state index contributed by atoms with van der Waals surface area (Å²) in [5, 5.41) is 3.69. The van der Waals surface area contributed by atoms with Crippen LogP contribution in [0.1, 0.15) is 20.3 Å². The Morgan fingerprint density at radius 3 is 2.62 bits per heavy atom. The van der Waals surface area contributed by atoms with Crippen LogP contribution in [0, 0.1) is 6.92 Å². The van der Waals surface area contributed by atoms with Crippen LogP contribution in [0.25, 0.3) is 0 Å².